The van der Waals surface area contributed by atoms with Crippen LogP contribution in [0.2, 0.25) is 0 Å². The summed E-state index contributed by atoms with van der Waals surface area (Å²) in [6.45, 7) is 10.3. The molecule has 0 radical (unpaired) electrons. The molecule has 2 atom stereocenters. The van der Waals surface area contributed by atoms with Gasteiger partial charge in [0.15, 0.2) is 5.82 Å². The van der Waals surface area contributed by atoms with Gasteiger partial charge in [-0.2, -0.15) is 0 Å². The molecule has 1 aliphatic heterocycles. The van der Waals surface area contributed by atoms with Crippen LogP contribution in [0.15, 0.2) is 36.7 Å². The van der Waals surface area contributed by atoms with Crippen molar-refractivity contribution in [3.8, 4) is 0 Å². The van der Waals surface area contributed by atoms with Crippen molar-refractivity contribution in [3.63, 3.8) is 0 Å². The maximum atomic E-state index is 12.7. The van der Waals surface area contributed by atoms with Gasteiger partial charge in [0.25, 0.3) is 5.91 Å². The molecule has 2 unspecified atom stereocenters. The lowest BCUT2D eigenvalue weighted by atomic mass is 10.0. The monoisotopic (exact) mass is 326 g/mol. The Morgan fingerprint density at radius 2 is 1.79 bits per heavy atom. The fraction of sp³-hybridized carbons (Fsp3) is 0.474. The molecule has 0 spiro atoms. The number of rotatable bonds is 3. The van der Waals surface area contributed by atoms with Gasteiger partial charge in [-0.25, -0.2) is 4.98 Å². The molecule has 1 N–H and O–H groups in total. The molecular weight excluding hydrogens is 300 g/mol. The number of imidazole rings is 1. The number of nitrogens with one attached hydrogen (secondary N) is 1. The number of benzene rings is 1. The predicted octanol–water partition coefficient (Wildman–Crippen LogP) is 3.27. The number of hydrogen-bond donors (Lipinski definition) is 1. The summed E-state index contributed by atoms with van der Waals surface area (Å²) in [5.74, 6) is 0.943. The van der Waals surface area contributed by atoms with Crippen LogP contribution in [0.25, 0.3) is 0 Å². The zero-order valence-corrected chi connectivity index (χ0v) is 14.9. The molecule has 24 heavy (non-hydrogen) atoms. The van der Waals surface area contributed by atoms with E-state index in [0.29, 0.717) is 11.7 Å². The van der Waals surface area contributed by atoms with Gasteiger partial charge in [-0.3, -0.25) is 4.79 Å². The Kier molecular flexibility index (Phi) is 4.60. The minimum Gasteiger partial charge on any atom is -0.367 e. The Morgan fingerprint density at radius 1 is 1.17 bits per heavy atom. The first-order chi connectivity index (χ1) is 11.5. The topological polar surface area (TPSA) is 52.2 Å². The number of hydrogen-bond acceptors (Lipinski definition) is 3. The highest BCUT2D eigenvalue weighted by Gasteiger charge is 2.34. The van der Waals surface area contributed by atoms with Gasteiger partial charge in [-0.05, 0) is 37.5 Å². The molecule has 5 heteroatoms. The maximum absolute atomic E-state index is 12.7. The molecule has 128 valence electrons. The standard InChI is InChI=1S/C19H26N4O/c1-13(2)16-5-7-17(8-6-16)22-11-14(3)23(15(4)12-22)19(24)18-20-9-10-21-18/h5-10,13-15H,11-12H2,1-4H3,(H,20,21). The molecule has 1 aromatic heterocycles. The van der Waals surface area contributed by atoms with E-state index in [1.165, 1.54) is 11.3 Å². The summed E-state index contributed by atoms with van der Waals surface area (Å²) in [5, 5.41) is 0. The molecular formula is C19H26N4O. The maximum Gasteiger partial charge on any atom is 0.290 e. The summed E-state index contributed by atoms with van der Waals surface area (Å²) >= 11 is 0. The van der Waals surface area contributed by atoms with Crippen molar-refractivity contribution in [3.05, 3.63) is 48.0 Å². The zero-order valence-electron chi connectivity index (χ0n) is 14.9. The van der Waals surface area contributed by atoms with Crippen LogP contribution in [-0.4, -0.2) is 45.9 Å². The van der Waals surface area contributed by atoms with Gasteiger partial charge < -0.3 is 14.8 Å². The molecule has 1 fully saturated rings. The van der Waals surface area contributed by atoms with E-state index in [-0.39, 0.29) is 18.0 Å². The van der Waals surface area contributed by atoms with Crippen LogP contribution in [0.3, 0.4) is 0 Å². The third-order valence-electron chi connectivity index (χ3n) is 4.78. The van der Waals surface area contributed by atoms with Crippen LogP contribution >= 0.6 is 0 Å². The Hall–Kier alpha value is -2.30. The van der Waals surface area contributed by atoms with E-state index in [1.807, 2.05) is 4.90 Å². The van der Waals surface area contributed by atoms with Crippen molar-refractivity contribution < 1.29 is 4.79 Å². The normalized spacial score (nSPS) is 21.4. The Labute approximate surface area is 143 Å². The first kappa shape index (κ1) is 16.6. The molecule has 2 heterocycles. The largest absolute Gasteiger partial charge is 0.367 e. The number of carbonyl (C=O) groups excluding carboxylic acids is 1. The van der Waals surface area contributed by atoms with Crippen molar-refractivity contribution in [2.75, 3.05) is 18.0 Å². The third kappa shape index (κ3) is 3.16. The second-order valence-corrected chi connectivity index (χ2v) is 7.00. The van der Waals surface area contributed by atoms with Crippen molar-refractivity contribution in [1.29, 1.82) is 0 Å². The molecule has 2 aromatic rings. The summed E-state index contributed by atoms with van der Waals surface area (Å²) in [5.41, 5.74) is 2.58. The fourth-order valence-corrected chi connectivity index (χ4v) is 3.51. The number of anilines is 1. The van der Waals surface area contributed by atoms with Crippen molar-refractivity contribution in [2.24, 2.45) is 0 Å². The SMILES string of the molecule is CC(C)c1ccc(N2CC(C)N(C(=O)c3ncc[nH]3)C(C)C2)cc1. The van der Waals surface area contributed by atoms with Crippen LogP contribution < -0.4 is 4.90 Å². The summed E-state index contributed by atoms with van der Waals surface area (Å²) in [4.78, 5) is 24.0. The van der Waals surface area contributed by atoms with Gasteiger partial charge in [0.05, 0.1) is 0 Å². The van der Waals surface area contributed by atoms with Gasteiger partial charge >= 0.3 is 0 Å². The molecule has 1 saturated heterocycles. The lowest BCUT2D eigenvalue weighted by molar-refractivity contribution is 0.0563. The first-order valence-corrected chi connectivity index (χ1v) is 8.64. The summed E-state index contributed by atoms with van der Waals surface area (Å²) < 4.78 is 0. The highest BCUT2D eigenvalue weighted by molar-refractivity contribution is 5.91. The van der Waals surface area contributed by atoms with Crippen LogP contribution in [0.1, 0.15) is 49.8 Å². The van der Waals surface area contributed by atoms with Crippen molar-refractivity contribution in [2.45, 2.75) is 45.7 Å². The number of amides is 1. The number of H-pyrrole nitrogens is 1. The number of piperazine rings is 1. The molecule has 1 aromatic carbocycles. The average molecular weight is 326 g/mol. The predicted molar refractivity (Wildman–Crippen MR) is 96.4 cm³/mol. The highest BCUT2D eigenvalue weighted by atomic mass is 16.2. The number of aromatic amines is 1. The van der Waals surface area contributed by atoms with Crippen LogP contribution in [0.4, 0.5) is 5.69 Å². The van der Waals surface area contributed by atoms with Crippen molar-refractivity contribution in [1.82, 2.24) is 14.9 Å². The first-order valence-electron chi connectivity index (χ1n) is 8.64. The highest BCUT2D eigenvalue weighted by Crippen LogP contribution is 2.25. The molecule has 1 amide bonds. The number of aromatic nitrogens is 2. The van der Waals surface area contributed by atoms with Gasteiger partial charge in [0, 0.05) is 43.3 Å². The Morgan fingerprint density at radius 3 is 2.29 bits per heavy atom. The second kappa shape index (κ2) is 6.67. The van der Waals surface area contributed by atoms with E-state index in [9.17, 15) is 4.79 Å². The van der Waals surface area contributed by atoms with E-state index in [0.717, 1.165) is 13.1 Å². The molecule has 5 nitrogen and oxygen atoms in total. The smallest absolute Gasteiger partial charge is 0.290 e. The zero-order chi connectivity index (χ0) is 17.3. The summed E-state index contributed by atoms with van der Waals surface area (Å²) in [7, 11) is 0. The van der Waals surface area contributed by atoms with Gasteiger partial charge in [-0.15, -0.1) is 0 Å². The minimum atomic E-state index is -0.0187. The second-order valence-electron chi connectivity index (χ2n) is 7.00. The fourth-order valence-electron chi connectivity index (χ4n) is 3.51. The molecule has 1 aliphatic rings. The van der Waals surface area contributed by atoms with Gasteiger partial charge in [0.2, 0.25) is 0 Å². The lowest BCUT2D eigenvalue weighted by Gasteiger charge is -2.45. The Bertz CT molecular complexity index is 666. The number of nitrogens with zero attached hydrogens (tertiary/aromatic N) is 3. The van der Waals surface area contributed by atoms with E-state index < -0.39 is 0 Å². The lowest BCUT2D eigenvalue weighted by Crippen LogP contribution is -2.59. The van der Waals surface area contributed by atoms with Crippen LogP contribution in [-0.2, 0) is 0 Å². The van der Waals surface area contributed by atoms with E-state index in [1.54, 1.807) is 12.4 Å². The van der Waals surface area contributed by atoms with Crippen LogP contribution in [0, 0.1) is 0 Å². The van der Waals surface area contributed by atoms with E-state index >= 15 is 0 Å². The Balaban J connectivity index is 1.74. The van der Waals surface area contributed by atoms with E-state index in [2.05, 4.69) is 66.8 Å². The van der Waals surface area contributed by atoms with E-state index in [4.69, 9.17) is 0 Å². The third-order valence-corrected chi connectivity index (χ3v) is 4.78. The molecule has 0 aliphatic carbocycles. The number of carbonyl (C=O) groups is 1. The molecule has 0 saturated carbocycles. The van der Waals surface area contributed by atoms with Crippen molar-refractivity contribution >= 4 is 11.6 Å². The molecule has 3 rings (SSSR count). The molecule has 0 bridgehead atoms. The summed E-state index contributed by atoms with van der Waals surface area (Å²) in [6.07, 6.45) is 3.31. The van der Waals surface area contributed by atoms with Gasteiger partial charge in [0.1, 0.15) is 0 Å². The average Bonchev–Trinajstić information content (AvgIpc) is 3.08. The quantitative estimate of drug-likeness (QED) is 0.942. The van der Waals surface area contributed by atoms with Crippen LogP contribution in [0.5, 0.6) is 0 Å². The van der Waals surface area contributed by atoms with Gasteiger partial charge in [-0.1, -0.05) is 26.0 Å². The summed E-state index contributed by atoms with van der Waals surface area (Å²) in [6, 6.07) is 9.07. The minimum absolute atomic E-state index is 0.0187.